The van der Waals surface area contributed by atoms with Gasteiger partial charge in [-0.15, -0.1) is 0 Å². The zero-order valence-corrected chi connectivity index (χ0v) is 19.9. The zero-order valence-electron chi connectivity index (χ0n) is 19.9. The number of benzene rings is 1. The maximum Gasteiger partial charge on any atom is 0.410 e. The van der Waals surface area contributed by atoms with E-state index in [-0.39, 0.29) is 16.7 Å². The van der Waals surface area contributed by atoms with Gasteiger partial charge in [-0.25, -0.2) is 4.79 Å². The van der Waals surface area contributed by atoms with Crippen LogP contribution < -0.4 is 9.64 Å². The molecule has 2 heterocycles. The highest BCUT2D eigenvalue weighted by Gasteiger charge is 2.31. The summed E-state index contributed by atoms with van der Waals surface area (Å²) in [6.45, 7) is 12.6. The summed E-state index contributed by atoms with van der Waals surface area (Å²) in [5, 5.41) is 11.4. The number of nitro benzene ring substituents is 1. The minimum atomic E-state index is -0.473. The number of aryl methyl sites for hydroxylation is 1. The number of carbonyl (C=O) groups excluding carboxylic acids is 1. The van der Waals surface area contributed by atoms with Gasteiger partial charge in [0.05, 0.1) is 12.0 Å². The van der Waals surface area contributed by atoms with E-state index < -0.39 is 5.60 Å². The lowest BCUT2D eigenvalue weighted by atomic mass is 9.99. The molecule has 0 spiro atoms. The number of amides is 1. The summed E-state index contributed by atoms with van der Waals surface area (Å²) in [4.78, 5) is 29.9. The van der Waals surface area contributed by atoms with Crippen molar-refractivity contribution < 1.29 is 19.2 Å². The van der Waals surface area contributed by atoms with Gasteiger partial charge in [0.2, 0.25) is 0 Å². The molecule has 1 aromatic carbocycles. The van der Waals surface area contributed by atoms with Crippen LogP contribution >= 0.6 is 0 Å². The Morgan fingerprint density at radius 2 is 1.75 bits per heavy atom. The Morgan fingerprint density at radius 3 is 2.25 bits per heavy atom. The summed E-state index contributed by atoms with van der Waals surface area (Å²) < 4.78 is 10.8. The summed E-state index contributed by atoms with van der Waals surface area (Å²) in [5.74, 6) is 0.308. The number of anilines is 1. The van der Waals surface area contributed by atoms with Gasteiger partial charge in [0, 0.05) is 63.1 Å². The van der Waals surface area contributed by atoms with Gasteiger partial charge in [0.25, 0.3) is 0 Å². The summed E-state index contributed by atoms with van der Waals surface area (Å²) >= 11 is 0. The lowest BCUT2D eigenvalue weighted by molar-refractivity contribution is -0.385. The van der Waals surface area contributed by atoms with E-state index in [0.29, 0.717) is 24.9 Å². The van der Waals surface area contributed by atoms with Crippen LogP contribution in [0.4, 0.5) is 16.2 Å². The number of nitro groups is 1. The number of carbonyl (C=O) groups is 1. The van der Waals surface area contributed by atoms with Crippen molar-refractivity contribution in [2.45, 2.75) is 58.6 Å². The largest absolute Gasteiger partial charge is 0.490 e. The number of piperidine rings is 1. The Morgan fingerprint density at radius 1 is 1.12 bits per heavy atom. The molecule has 0 unspecified atom stereocenters. The molecule has 2 saturated heterocycles. The number of piperazine rings is 1. The van der Waals surface area contributed by atoms with Gasteiger partial charge in [-0.05, 0) is 45.6 Å². The average Bonchev–Trinajstić information content (AvgIpc) is 2.77. The van der Waals surface area contributed by atoms with Gasteiger partial charge in [-0.3, -0.25) is 15.0 Å². The fourth-order valence-corrected chi connectivity index (χ4v) is 4.55. The molecule has 1 amide bonds. The predicted molar refractivity (Wildman–Crippen MR) is 124 cm³/mol. The van der Waals surface area contributed by atoms with Crippen molar-refractivity contribution in [3.8, 4) is 5.75 Å². The normalized spacial score (nSPS) is 18.5. The van der Waals surface area contributed by atoms with E-state index in [1.54, 1.807) is 11.0 Å². The molecule has 178 valence electrons. The highest BCUT2D eigenvalue weighted by Crippen LogP contribution is 2.36. The van der Waals surface area contributed by atoms with Crippen molar-refractivity contribution in [1.82, 2.24) is 9.80 Å². The minimum Gasteiger partial charge on any atom is -0.490 e. The first kappa shape index (κ1) is 24.1. The molecule has 9 heteroatoms. The molecular formula is C23H36N4O5. The summed E-state index contributed by atoms with van der Waals surface area (Å²) in [7, 11) is 1.47. The third-order valence-corrected chi connectivity index (χ3v) is 6.25. The van der Waals surface area contributed by atoms with Crippen LogP contribution in [0.25, 0.3) is 0 Å². The molecule has 0 aromatic heterocycles. The van der Waals surface area contributed by atoms with Gasteiger partial charge < -0.3 is 19.3 Å². The Balaban J connectivity index is 1.58. The fraction of sp³-hybridized carbons (Fsp3) is 0.696. The molecule has 2 aliphatic rings. The van der Waals surface area contributed by atoms with Gasteiger partial charge in [-0.1, -0.05) is 6.92 Å². The van der Waals surface area contributed by atoms with E-state index in [1.807, 2.05) is 33.8 Å². The first-order valence-corrected chi connectivity index (χ1v) is 11.4. The summed E-state index contributed by atoms with van der Waals surface area (Å²) in [6.07, 6.45) is 2.54. The molecule has 2 aliphatic heterocycles. The molecule has 0 bridgehead atoms. The maximum absolute atomic E-state index is 12.3. The fourth-order valence-electron chi connectivity index (χ4n) is 4.55. The van der Waals surface area contributed by atoms with Crippen LogP contribution in [-0.4, -0.2) is 78.8 Å². The van der Waals surface area contributed by atoms with Crippen molar-refractivity contribution in [3.05, 3.63) is 27.8 Å². The van der Waals surface area contributed by atoms with Crippen molar-refractivity contribution in [1.29, 1.82) is 0 Å². The van der Waals surface area contributed by atoms with Crippen LogP contribution in [0.5, 0.6) is 5.75 Å². The van der Waals surface area contributed by atoms with E-state index in [1.165, 1.54) is 7.11 Å². The molecule has 1 aromatic rings. The molecule has 9 nitrogen and oxygen atoms in total. The van der Waals surface area contributed by atoms with Gasteiger partial charge >= 0.3 is 11.8 Å². The monoisotopic (exact) mass is 448 g/mol. The van der Waals surface area contributed by atoms with Crippen molar-refractivity contribution in [2.24, 2.45) is 0 Å². The van der Waals surface area contributed by atoms with Crippen molar-refractivity contribution in [3.63, 3.8) is 0 Å². The highest BCUT2D eigenvalue weighted by atomic mass is 16.6. The summed E-state index contributed by atoms with van der Waals surface area (Å²) in [5.41, 5.74) is 1.55. The molecule has 3 rings (SSSR count). The number of hydrogen-bond acceptors (Lipinski definition) is 7. The summed E-state index contributed by atoms with van der Waals surface area (Å²) in [6, 6.07) is 3.95. The lowest BCUT2D eigenvalue weighted by Gasteiger charge is -2.43. The third kappa shape index (κ3) is 5.62. The second kappa shape index (κ2) is 9.94. The van der Waals surface area contributed by atoms with Gasteiger partial charge in [-0.2, -0.15) is 0 Å². The van der Waals surface area contributed by atoms with Crippen molar-refractivity contribution >= 4 is 17.5 Å². The third-order valence-electron chi connectivity index (χ3n) is 6.25. The van der Waals surface area contributed by atoms with Gasteiger partial charge in [0.1, 0.15) is 5.60 Å². The van der Waals surface area contributed by atoms with E-state index in [2.05, 4.69) is 9.80 Å². The van der Waals surface area contributed by atoms with Gasteiger partial charge in [0.15, 0.2) is 5.75 Å². The second-order valence-electron chi connectivity index (χ2n) is 9.49. The lowest BCUT2D eigenvalue weighted by Crippen LogP contribution is -2.55. The van der Waals surface area contributed by atoms with Crippen LogP contribution in [0.3, 0.4) is 0 Å². The molecule has 0 saturated carbocycles. The predicted octanol–water partition coefficient (Wildman–Crippen LogP) is 3.69. The van der Waals surface area contributed by atoms with Crippen LogP contribution in [0.15, 0.2) is 12.1 Å². The molecule has 0 atom stereocenters. The van der Waals surface area contributed by atoms with E-state index in [9.17, 15) is 14.9 Å². The van der Waals surface area contributed by atoms with E-state index in [0.717, 1.165) is 56.7 Å². The number of nitrogens with zero attached hydrogens (tertiary/aromatic N) is 4. The Labute approximate surface area is 190 Å². The molecular weight excluding hydrogens is 412 g/mol. The van der Waals surface area contributed by atoms with E-state index >= 15 is 0 Å². The number of ether oxygens (including phenoxy) is 2. The van der Waals surface area contributed by atoms with Crippen LogP contribution in [-0.2, 0) is 11.2 Å². The Hall–Kier alpha value is -2.55. The van der Waals surface area contributed by atoms with Crippen LogP contribution in [0.2, 0.25) is 0 Å². The first-order chi connectivity index (χ1) is 15.1. The SMILES string of the molecule is CCc1cc([N+](=O)[O-])c(OC)cc1N1CCC(N2CCN(C(=O)OC(C)(C)C)CC2)CC1. The molecule has 0 aliphatic carbocycles. The smallest absolute Gasteiger partial charge is 0.410 e. The Bertz CT molecular complexity index is 822. The highest BCUT2D eigenvalue weighted by molar-refractivity contribution is 5.68. The average molecular weight is 449 g/mol. The number of hydrogen-bond donors (Lipinski definition) is 0. The molecule has 2 fully saturated rings. The topological polar surface area (TPSA) is 88.4 Å². The zero-order chi connectivity index (χ0) is 23.5. The van der Waals surface area contributed by atoms with Crippen LogP contribution in [0.1, 0.15) is 46.1 Å². The second-order valence-corrected chi connectivity index (χ2v) is 9.49. The Kier molecular flexibility index (Phi) is 7.48. The molecule has 0 N–H and O–H groups in total. The molecule has 0 radical (unpaired) electrons. The van der Waals surface area contributed by atoms with Crippen molar-refractivity contribution in [2.75, 3.05) is 51.3 Å². The number of methoxy groups -OCH3 is 1. The quantitative estimate of drug-likeness (QED) is 0.501. The van der Waals surface area contributed by atoms with Crippen LogP contribution in [0, 0.1) is 10.1 Å². The standard InChI is InChI=1S/C23H36N4O5/c1-6-17-15-20(27(29)30)21(31-5)16-19(17)25-9-7-18(8-10-25)24-11-13-26(14-12-24)22(28)32-23(2,3)4/h15-16,18H,6-14H2,1-5H3. The maximum atomic E-state index is 12.3. The first-order valence-electron chi connectivity index (χ1n) is 11.4. The minimum absolute atomic E-state index is 0.0193. The van der Waals surface area contributed by atoms with E-state index in [4.69, 9.17) is 9.47 Å². The number of rotatable bonds is 5. The molecule has 32 heavy (non-hydrogen) atoms.